The largest absolute Gasteiger partial charge is 0.480 e. The fourth-order valence-electron chi connectivity index (χ4n) is 2.21. The third kappa shape index (κ3) is 4.25. The lowest BCUT2D eigenvalue weighted by molar-refractivity contribution is 0.0895. The highest BCUT2D eigenvalue weighted by Crippen LogP contribution is 2.33. The lowest BCUT2D eigenvalue weighted by atomic mass is 9.82. The highest BCUT2D eigenvalue weighted by Gasteiger charge is 2.28. The highest BCUT2D eigenvalue weighted by atomic mass is 19.1. The number of rotatable bonds is 4. The van der Waals surface area contributed by atoms with Crippen molar-refractivity contribution in [3.05, 3.63) is 53.5 Å². The zero-order chi connectivity index (χ0) is 17.0. The van der Waals surface area contributed by atoms with Crippen LogP contribution in [-0.4, -0.2) is 23.2 Å². The van der Waals surface area contributed by atoms with Crippen LogP contribution in [0.25, 0.3) is 0 Å². The van der Waals surface area contributed by atoms with Crippen LogP contribution >= 0.6 is 0 Å². The molecule has 0 aliphatic rings. The summed E-state index contributed by atoms with van der Waals surface area (Å²) in [6.45, 7) is 6.00. The van der Waals surface area contributed by atoms with Crippen molar-refractivity contribution in [1.29, 1.82) is 0 Å². The number of carbonyl (C=O) groups is 1. The first-order valence-corrected chi connectivity index (χ1v) is 7.25. The van der Waals surface area contributed by atoms with Gasteiger partial charge < -0.3 is 10.1 Å². The van der Waals surface area contributed by atoms with Crippen LogP contribution in [0, 0.1) is 11.2 Å². The molecule has 0 aliphatic carbocycles. The van der Waals surface area contributed by atoms with E-state index in [1.165, 1.54) is 19.2 Å². The summed E-state index contributed by atoms with van der Waals surface area (Å²) in [6.07, 6.45) is 0. The molecule has 0 radical (unpaired) electrons. The molecule has 0 saturated carbocycles. The Bertz CT molecular complexity index is 664. The molecule has 1 amide bonds. The Morgan fingerprint density at radius 2 is 1.78 bits per heavy atom. The molecule has 0 saturated heterocycles. The second-order valence-electron chi connectivity index (χ2n) is 6.28. The molecule has 0 fully saturated rings. The Morgan fingerprint density at radius 1 is 1.13 bits per heavy atom. The number of nitrogens with zero attached hydrogens (tertiary/aromatic N) is 2. The fraction of sp³-hybridized carbons (Fsp3) is 0.353. The quantitative estimate of drug-likeness (QED) is 0.941. The molecule has 0 spiro atoms. The summed E-state index contributed by atoms with van der Waals surface area (Å²) >= 11 is 0. The number of carbonyl (C=O) groups excluding carboxylic acids is 1. The monoisotopic (exact) mass is 317 g/mol. The molecule has 1 aromatic carbocycles. The van der Waals surface area contributed by atoms with Crippen LogP contribution in [0.3, 0.4) is 0 Å². The van der Waals surface area contributed by atoms with E-state index in [1.807, 2.05) is 20.8 Å². The highest BCUT2D eigenvalue weighted by molar-refractivity contribution is 5.92. The Kier molecular flexibility index (Phi) is 4.93. The molecule has 1 N–H and O–H groups in total. The van der Waals surface area contributed by atoms with Gasteiger partial charge in [-0.05, 0) is 29.2 Å². The summed E-state index contributed by atoms with van der Waals surface area (Å²) in [5.74, 6) is -0.314. The number of aromatic nitrogens is 2. The maximum atomic E-state index is 13.1. The number of nitrogens with one attached hydrogen (secondary N) is 1. The summed E-state index contributed by atoms with van der Waals surface area (Å²) in [5, 5.41) is 10.6. The third-order valence-electron chi connectivity index (χ3n) is 3.43. The van der Waals surface area contributed by atoms with Gasteiger partial charge in [-0.3, -0.25) is 4.79 Å². The van der Waals surface area contributed by atoms with Crippen LogP contribution < -0.4 is 10.1 Å². The first kappa shape index (κ1) is 16.9. The summed E-state index contributed by atoms with van der Waals surface area (Å²) < 4.78 is 18.1. The number of amides is 1. The minimum Gasteiger partial charge on any atom is -0.480 e. The van der Waals surface area contributed by atoms with E-state index in [-0.39, 0.29) is 28.9 Å². The zero-order valence-corrected chi connectivity index (χ0v) is 13.6. The summed E-state index contributed by atoms with van der Waals surface area (Å²) in [4.78, 5) is 12.4. The van der Waals surface area contributed by atoms with Gasteiger partial charge in [0, 0.05) is 6.07 Å². The van der Waals surface area contributed by atoms with E-state index in [9.17, 15) is 9.18 Å². The second-order valence-corrected chi connectivity index (χ2v) is 6.28. The van der Waals surface area contributed by atoms with Gasteiger partial charge in [0.1, 0.15) is 5.82 Å². The van der Waals surface area contributed by atoms with Gasteiger partial charge in [0.25, 0.3) is 5.91 Å². The number of hydrogen-bond donors (Lipinski definition) is 1. The molecule has 1 atom stereocenters. The normalized spacial score (nSPS) is 12.6. The first-order chi connectivity index (χ1) is 10.8. The molecule has 2 rings (SSSR count). The Labute approximate surface area is 134 Å². The van der Waals surface area contributed by atoms with Crippen LogP contribution in [0.15, 0.2) is 36.4 Å². The van der Waals surface area contributed by atoms with Crippen molar-refractivity contribution in [1.82, 2.24) is 15.5 Å². The van der Waals surface area contributed by atoms with Crippen molar-refractivity contribution in [3.8, 4) is 5.88 Å². The van der Waals surface area contributed by atoms with Gasteiger partial charge in [-0.15, -0.1) is 10.2 Å². The average Bonchev–Trinajstić information content (AvgIpc) is 2.52. The lowest BCUT2D eigenvalue weighted by Gasteiger charge is -2.31. The van der Waals surface area contributed by atoms with E-state index in [4.69, 9.17) is 4.74 Å². The zero-order valence-electron chi connectivity index (χ0n) is 13.6. The van der Waals surface area contributed by atoms with E-state index >= 15 is 0 Å². The van der Waals surface area contributed by atoms with Crippen LogP contribution in [0.1, 0.15) is 42.9 Å². The maximum absolute atomic E-state index is 13.1. The number of halogens is 1. The van der Waals surface area contributed by atoms with Crippen LogP contribution in [-0.2, 0) is 0 Å². The molecule has 5 nitrogen and oxygen atoms in total. The average molecular weight is 317 g/mol. The number of ether oxygens (including phenoxy) is 1. The van der Waals surface area contributed by atoms with Gasteiger partial charge in [-0.1, -0.05) is 32.9 Å². The van der Waals surface area contributed by atoms with E-state index in [0.717, 1.165) is 5.56 Å². The summed E-state index contributed by atoms with van der Waals surface area (Å²) in [5.41, 5.74) is 0.767. The van der Waals surface area contributed by atoms with Gasteiger partial charge in [0.05, 0.1) is 13.2 Å². The van der Waals surface area contributed by atoms with E-state index in [0.29, 0.717) is 5.88 Å². The molecule has 2 aromatic rings. The fourth-order valence-corrected chi connectivity index (χ4v) is 2.21. The molecular weight excluding hydrogens is 297 g/mol. The molecular formula is C17H20FN3O2. The van der Waals surface area contributed by atoms with Crippen molar-refractivity contribution in [2.45, 2.75) is 26.8 Å². The van der Waals surface area contributed by atoms with Gasteiger partial charge in [-0.2, -0.15) is 0 Å². The van der Waals surface area contributed by atoms with E-state index < -0.39 is 0 Å². The molecule has 122 valence electrons. The molecule has 1 unspecified atom stereocenters. The van der Waals surface area contributed by atoms with Crippen molar-refractivity contribution >= 4 is 5.91 Å². The van der Waals surface area contributed by atoms with Gasteiger partial charge >= 0.3 is 0 Å². The smallest absolute Gasteiger partial charge is 0.272 e. The Morgan fingerprint density at radius 3 is 2.26 bits per heavy atom. The van der Waals surface area contributed by atoms with Crippen LogP contribution in [0.5, 0.6) is 5.88 Å². The van der Waals surface area contributed by atoms with Crippen molar-refractivity contribution in [2.75, 3.05) is 7.11 Å². The van der Waals surface area contributed by atoms with Crippen molar-refractivity contribution < 1.29 is 13.9 Å². The van der Waals surface area contributed by atoms with Gasteiger partial charge in [-0.25, -0.2) is 4.39 Å². The maximum Gasteiger partial charge on any atom is 0.272 e. The minimum atomic E-state index is -0.343. The van der Waals surface area contributed by atoms with Gasteiger partial charge in [0.2, 0.25) is 5.88 Å². The summed E-state index contributed by atoms with van der Waals surface area (Å²) in [6, 6.07) is 8.94. The predicted octanol–water partition coefficient (Wildman–Crippen LogP) is 3.14. The molecule has 0 aliphatic heterocycles. The minimum absolute atomic E-state index is 0.196. The van der Waals surface area contributed by atoms with E-state index in [2.05, 4.69) is 15.5 Å². The number of hydrogen-bond acceptors (Lipinski definition) is 4. The molecule has 6 heteroatoms. The third-order valence-corrected chi connectivity index (χ3v) is 3.43. The van der Waals surface area contributed by atoms with Crippen LogP contribution in [0.2, 0.25) is 0 Å². The molecule has 1 heterocycles. The molecule has 1 aromatic heterocycles. The second kappa shape index (κ2) is 6.73. The number of methoxy groups -OCH3 is 1. The predicted molar refractivity (Wildman–Crippen MR) is 84.6 cm³/mol. The van der Waals surface area contributed by atoms with Crippen molar-refractivity contribution in [3.63, 3.8) is 0 Å². The number of benzene rings is 1. The van der Waals surface area contributed by atoms with E-state index in [1.54, 1.807) is 24.3 Å². The van der Waals surface area contributed by atoms with Crippen molar-refractivity contribution in [2.24, 2.45) is 5.41 Å². The lowest BCUT2D eigenvalue weighted by Crippen LogP contribution is -2.37. The van der Waals surface area contributed by atoms with Crippen LogP contribution in [0.4, 0.5) is 4.39 Å². The molecule has 0 bridgehead atoms. The summed E-state index contributed by atoms with van der Waals surface area (Å²) in [7, 11) is 1.48. The SMILES string of the molecule is COc1ccc(C(=O)NC(c2ccc(F)cc2)C(C)(C)C)nn1. The Hall–Kier alpha value is -2.50. The topological polar surface area (TPSA) is 64.1 Å². The standard InChI is InChI=1S/C17H20FN3O2/c1-17(2,3)15(11-5-7-12(18)8-6-11)19-16(22)13-9-10-14(23-4)21-20-13/h5-10,15H,1-4H3,(H,19,22). The first-order valence-electron chi connectivity index (χ1n) is 7.25. The van der Waals surface area contributed by atoms with Gasteiger partial charge in [0.15, 0.2) is 5.69 Å². The Balaban J connectivity index is 2.23. The molecule has 23 heavy (non-hydrogen) atoms.